The van der Waals surface area contributed by atoms with Crippen molar-refractivity contribution in [3.05, 3.63) is 0 Å². The molecule has 0 aromatic carbocycles. The number of rotatable bonds is 0. The van der Waals surface area contributed by atoms with Gasteiger partial charge in [0.15, 0.2) is 18.2 Å². The van der Waals surface area contributed by atoms with Gasteiger partial charge in [-0.1, -0.05) is 35.1 Å². The van der Waals surface area contributed by atoms with Crippen LogP contribution in [0.15, 0.2) is 0 Å². The van der Waals surface area contributed by atoms with Crippen molar-refractivity contribution >= 4 is 0 Å². The maximum absolute atomic E-state index is 12.0. The first-order chi connectivity index (χ1) is 12.6. The standard InChI is InChI=1S/C20H30O7.CH4/c1-9-7-24-13-6-17-12-5-10(16(2,3)4)18(17)11(21)8-25-15(18)27-20(17,14(22)26-12)19(9,13)23;/h9-15,21-23H,5-8H2,1-4H3;1H4/t9-,10+,11+,12?,13?,14?,15?,17?,18?,19-,20-;/m1./s1. The summed E-state index contributed by atoms with van der Waals surface area (Å²) in [6, 6.07) is 0. The summed E-state index contributed by atoms with van der Waals surface area (Å²) < 4.78 is 24.7. The molecule has 7 nitrogen and oxygen atoms in total. The highest BCUT2D eigenvalue weighted by Gasteiger charge is 2.97. The highest BCUT2D eigenvalue weighted by Crippen LogP contribution is 2.85. The Morgan fingerprint density at radius 3 is 2.43 bits per heavy atom. The molecule has 0 radical (unpaired) electrons. The molecule has 4 heterocycles. The van der Waals surface area contributed by atoms with Gasteiger partial charge in [0.1, 0.15) is 5.60 Å². The summed E-state index contributed by atoms with van der Waals surface area (Å²) in [5.74, 6) is -0.134. The van der Waals surface area contributed by atoms with Crippen LogP contribution in [0, 0.1) is 28.1 Å². The SMILES string of the molecule is C.C[C@@H]1COC2CC34C5C[C@@H](C(C)(C)C)C36C(OC[C@@H]6O)O[C@@]4(C(O)O5)[C@]21O. The first kappa shape index (κ1) is 19.7. The predicted octanol–water partition coefficient (Wildman–Crippen LogP) is 1.03. The molecule has 2 spiro atoms. The van der Waals surface area contributed by atoms with Crippen molar-refractivity contribution in [2.45, 2.75) is 90.1 Å². The molecular weight excluding hydrogens is 364 g/mol. The predicted molar refractivity (Wildman–Crippen MR) is 98.1 cm³/mol. The Bertz CT molecular complexity index is 707. The highest BCUT2D eigenvalue weighted by molar-refractivity contribution is 5.41. The van der Waals surface area contributed by atoms with Crippen LogP contribution >= 0.6 is 0 Å². The number of aliphatic hydroxyl groups excluding tert-OH is 2. The van der Waals surface area contributed by atoms with Crippen LogP contribution in [0.3, 0.4) is 0 Å². The fourth-order valence-corrected chi connectivity index (χ4v) is 8.51. The van der Waals surface area contributed by atoms with Crippen LogP contribution in [0.4, 0.5) is 0 Å². The Morgan fingerprint density at radius 1 is 1.04 bits per heavy atom. The average molecular weight is 398 g/mol. The van der Waals surface area contributed by atoms with E-state index in [9.17, 15) is 15.3 Å². The molecular formula is C21H34O7. The number of fused-ring (bicyclic) bond motifs is 1. The Kier molecular flexibility index (Phi) is 3.60. The van der Waals surface area contributed by atoms with Crippen LogP contribution in [-0.4, -0.2) is 70.6 Å². The molecule has 0 aromatic rings. The quantitative estimate of drug-likeness (QED) is 0.561. The van der Waals surface area contributed by atoms with Gasteiger partial charge in [-0.3, -0.25) is 0 Å². The first-order valence-corrected chi connectivity index (χ1v) is 10.2. The molecule has 2 aliphatic carbocycles. The van der Waals surface area contributed by atoms with E-state index in [2.05, 4.69) is 20.8 Å². The van der Waals surface area contributed by atoms with Gasteiger partial charge in [-0.25, -0.2) is 0 Å². The maximum Gasteiger partial charge on any atom is 0.188 e. The van der Waals surface area contributed by atoms with Crippen LogP contribution in [0.1, 0.15) is 48.0 Å². The molecule has 0 bridgehead atoms. The smallest absolute Gasteiger partial charge is 0.188 e. The molecule has 0 amide bonds. The summed E-state index contributed by atoms with van der Waals surface area (Å²) in [4.78, 5) is 0. The molecule has 11 atom stereocenters. The molecule has 6 unspecified atom stereocenters. The second-order valence-electron chi connectivity index (χ2n) is 10.8. The van der Waals surface area contributed by atoms with Crippen LogP contribution in [0.2, 0.25) is 0 Å². The summed E-state index contributed by atoms with van der Waals surface area (Å²) >= 11 is 0. The zero-order valence-corrected chi connectivity index (χ0v) is 16.3. The largest absolute Gasteiger partial charge is 0.390 e. The third-order valence-electron chi connectivity index (χ3n) is 9.23. The monoisotopic (exact) mass is 398 g/mol. The van der Waals surface area contributed by atoms with E-state index in [1.165, 1.54) is 0 Å². The minimum Gasteiger partial charge on any atom is -0.390 e. The second kappa shape index (κ2) is 5.13. The van der Waals surface area contributed by atoms with Crippen molar-refractivity contribution in [1.29, 1.82) is 0 Å². The number of aliphatic hydroxyl groups is 3. The van der Waals surface area contributed by atoms with Gasteiger partial charge in [-0.15, -0.1) is 0 Å². The molecule has 4 aliphatic heterocycles. The Hall–Kier alpha value is -0.280. The van der Waals surface area contributed by atoms with Gasteiger partial charge in [0.25, 0.3) is 0 Å². The molecule has 6 rings (SSSR count). The van der Waals surface area contributed by atoms with Gasteiger partial charge in [-0.2, -0.15) is 0 Å². The Morgan fingerprint density at radius 2 is 1.75 bits per heavy atom. The van der Waals surface area contributed by atoms with E-state index >= 15 is 0 Å². The van der Waals surface area contributed by atoms with Gasteiger partial charge in [0.05, 0.1) is 36.9 Å². The van der Waals surface area contributed by atoms with E-state index in [4.69, 9.17) is 18.9 Å². The van der Waals surface area contributed by atoms with Crippen molar-refractivity contribution in [2.24, 2.45) is 28.1 Å². The van der Waals surface area contributed by atoms with Gasteiger partial charge >= 0.3 is 0 Å². The minimum absolute atomic E-state index is 0. The Labute approximate surface area is 166 Å². The van der Waals surface area contributed by atoms with Gasteiger partial charge < -0.3 is 34.3 Å². The molecule has 0 aromatic heterocycles. The zero-order chi connectivity index (χ0) is 19.2. The third kappa shape index (κ3) is 1.49. The lowest BCUT2D eigenvalue weighted by molar-refractivity contribution is -0.296. The van der Waals surface area contributed by atoms with E-state index in [1.54, 1.807) is 0 Å². The Balaban J connectivity index is 0.00000171. The second-order valence-corrected chi connectivity index (χ2v) is 10.8. The molecule has 160 valence electrons. The summed E-state index contributed by atoms with van der Waals surface area (Å²) in [7, 11) is 0. The molecule has 2 saturated carbocycles. The zero-order valence-electron chi connectivity index (χ0n) is 16.3. The van der Waals surface area contributed by atoms with Crippen molar-refractivity contribution < 1.29 is 34.3 Å². The van der Waals surface area contributed by atoms with E-state index in [0.29, 0.717) is 19.4 Å². The van der Waals surface area contributed by atoms with Crippen LogP contribution in [0.5, 0.6) is 0 Å². The first-order valence-electron chi connectivity index (χ1n) is 10.2. The number of hydrogen-bond acceptors (Lipinski definition) is 7. The fraction of sp³-hybridized carbons (Fsp3) is 1.00. The fourth-order valence-electron chi connectivity index (χ4n) is 8.51. The van der Waals surface area contributed by atoms with E-state index in [0.717, 1.165) is 0 Å². The topological polar surface area (TPSA) is 97.6 Å². The summed E-state index contributed by atoms with van der Waals surface area (Å²) in [5, 5.41) is 34.4. The number of ether oxygens (including phenoxy) is 4. The van der Waals surface area contributed by atoms with E-state index in [-0.39, 0.29) is 37.4 Å². The highest BCUT2D eigenvalue weighted by atomic mass is 16.7. The van der Waals surface area contributed by atoms with Gasteiger partial charge in [0.2, 0.25) is 0 Å². The molecule has 6 aliphatic rings. The van der Waals surface area contributed by atoms with Crippen molar-refractivity contribution in [1.82, 2.24) is 0 Å². The summed E-state index contributed by atoms with van der Waals surface area (Å²) in [5.41, 5.74) is -4.28. The molecule has 6 fully saturated rings. The lowest BCUT2D eigenvalue weighted by Gasteiger charge is -2.49. The lowest BCUT2D eigenvalue weighted by atomic mass is 9.51. The van der Waals surface area contributed by atoms with Gasteiger partial charge in [-0.05, 0) is 24.2 Å². The van der Waals surface area contributed by atoms with Crippen molar-refractivity contribution in [3.8, 4) is 0 Å². The van der Waals surface area contributed by atoms with Gasteiger partial charge in [0, 0.05) is 11.3 Å². The molecule has 7 heteroatoms. The maximum atomic E-state index is 12.0. The van der Waals surface area contributed by atoms with Crippen molar-refractivity contribution in [2.75, 3.05) is 13.2 Å². The average Bonchev–Trinajstić information content (AvgIpc) is 3.30. The lowest BCUT2D eigenvalue weighted by Crippen LogP contribution is -2.67. The summed E-state index contributed by atoms with van der Waals surface area (Å²) in [6.07, 6.45) is -2.16. The number of hydrogen-bond donors (Lipinski definition) is 3. The molecule has 4 saturated heterocycles. The normalized spacial score (nSPS) is 63.8. The van der Waals surface area contributed by atoms with Crippen LogP contribution in [-0.2, 0) is 18.9 Å². The molecule has 3 N–H and O–H groups in total. The van der Waals surface area contributed by atoms with Crippen LogP contribution < -0.4 is 0 Å². The molecule has 28 heavy (non-hydrogen) atoms. The van der Waals surface area contributed by atoms with Crippen molar-refractivity contribution in [3.63, 3.8) is 0 Å². The minimum atomic E-state index is -1.37. The van der Waals surface area contributed by atoms with Crippen LogP contribution in [0.25, 0.3) is 0 Å². The summed E-state index contributed by atoms with van der Waals surface area (Å²) in [6.45, 7) is 9.08. The van der Waals surface area contributed by atoms with E-state index in [1.807, 2.05) is 6.92 Å². The third-order valence-corrected chi connectivity index (χ3v) is 9.23. The van der Waals surface area contributed by atoms with E-state index < -0.39 is 46.8 Å².